The molecule has 1 heterocycles. The number of hydrogen-bond acceptors (Lipinski definition) is 2. The Bertz CT molecular complexity index is 412. The summed E-state index contributed by atoms with van der Waals surface area (Å²) >= 11 is 5.33. The molecule has 1 N–H and O–H groups in total. The molecule has 2 saturated carbocycles. The number of H-pyrrole nitrogens is 1. The molecule has 0 saturated heterocycles. The molecule has 4 heteroatoms. The van der Waals surface area contributed by atoms with E-state index >= 15 is 0 Å². The van der Waals surface area contributed by atoms with Crippen LogP contribution in [0.4, 0.5) is 0 Å². The zero-order valence-corrected chi connectivity index (χ0v) is 9.89. The largest absolute Gasteiger partial charge is 0.301 e. The van der Waals surface area contributed by atoms with Gasteiger partial charge in [0.1, 0.15) is 5.82 Å². The van der Waals surface area contributed by atoms with Crippen LogP contribution in [-0.4, -0.2) is 14.8 Å². The predicted octanol–water partition coefficient (Wildman–Crippen LogP) is 3.18. The van der Waals surface area contributed by atoms with Gasteiger partial charge >= 0.3 is 0 Å². The predicted molar refractivity (Wildman–Crippen MR) is 61.4 cm³/mol. The second-order valence-electron chi connectivity index (χ2n) is 4.96. The molecule has 1 atom stereocenters. The Balaban J connectivity index is 1.93. The van der Waals surface area contributed by atoms with Gasteiger partial charge < -0.3 is 4.57 Å². The third kappa shape index (κ3) is 1.55. The Hall–Kier alpha value is -0.640. The lowest BCUT2D eigenvalue weighted by Crippen LogP contribution is -2.24. The van der Waals surface area contributed by atoms with Gasteiger partial charge in [-0.05, 0) is 50.7 Å². The van der Waals surface area contributed by atoms with Gasteiger partial charge in [0.05, 0.1) is 0 Å². The molecule has 0 amide bonds. The van der Waals surface area contributed by atoms with Gasteiger partial charge in [-0.15, -0.1) is 0 Å². The minimum atomic E-state index is 0.542. The van der Waals surface area contributed by atoms with Crippen LogP contribution in [0.25, 0.3) is 0 Å². The fourth-order valence-corrected chi connectivity index (χ4v) is 2.78. The molecule has 0 bridgehead atoms. The molecule has 3 nitrogen and oxygen atoms in total. The monoisotopic (exact) mass is 223 g/mol. The summed E-state index contributed by atoms with van der Waals surface area (Å²) in [5.74, 6) is 2.71. The molecule has 0 radical (unpaired) electrons. The fraction of sp³-hybridized carbons (Fsp3) is 0.818. The molecule has 0 aliphatic heterocycles. The summed E-state index contributed by atoms with van der Waals surface area (Å²) in [6.45, 7) is 2.29. The van der Waals surface area contributed by atoms with Gasteiger partial charge in [-0.1, -0.05) is 6.42 Å². The molecule has 82 valence electrons. The number of aromatic amines is 1. The molecular formula is C11H17N3S. The molecule has 3 rings (SSSR count). The van der Waals surface area contributed by atoms with Crippen molar-refractivity contribution in [1.29, 1.82) is 0 Å². The maximum atomic E-state index is 5.33. The van der Waals surface area contributed by atoms with Gasteiger partial charge in [-0.3, -0.25) is 5.10 Å². The Morgan fingerprint density at radius 2 is 2.13 bits per heavy atom. The van der Waals surface area contributed by atoms with Crippen LogP contribution in [0.1, 0.15) is 56.8 Å². The Morgan fingerprint density at radius 1 is 1.40 bits per heavy atom. The van der Waals surface area contributed by atoms with Crippen molar-refractivity contribution in [3.05, 3.63) is 10.6 Å². The summed E-state index contributed by atoms with van der Waals surface area (Å²) in [4.78, 5) is 0. The van der Waals surface area contributed by atoms with Gasteiger partial charge in [-0.25, -0.2) is 0 Å². The first-order valence-corrected chi connectivity index (χ1v) is 6.35. The van der Waals surface area contributed by atoms with Crippen LogP contribution in [0.3, 0.4) is 0 Å². The lowest BCUT2D eigenvalue weighted by molar-refractivity contribution is 0.218. The van der Waals surface area contributed by atoms with E-state index < -0.39 is 0 Å². The first-order valence-electron chi connectivity index (χ1n) is 5.94. The van der Waals surface area contributed by atoms with E-state index in [2.05, 4.69) is 21.7 Å². The first kappa shape index (κ1) is 9.58. The highest BCUT2D eigenvalue weighted by atomic mass is 32.1. The fourth-order valence-electron chi connectivity index (χ4n) is 2.47. The van der Waals surface area contributed by atoms with Gasteiger partial charge in [0.2, 0.25) is 0 Å². The summed E-state index contributed by atoms with van der Waals surface area (Å²) < 4.78 is 3.09. The topological polar surface area (TPSA) is 33.6 Å². The van der Waals surface area contributed by atoms with Crippen LogP contribution >= 0.6 is 12.2 Å². The molecule has 0 spiro atoms. The number of aromatic nitrogens is 3. The van der Waals surface area contributed by atoms with Crippen LogP contribution in [-0.2, 0) is 0 Å². The summed E-state index contributed by atoms with van der Waals surface area (Å²) in [6, 6.07) is 0.542. The average molecular weight is 223 g/mol. The third-order valence-corrected chi connectivity index (χ3v) is 4.20. The zero-order chi connectivity index (χ0) is 10.4. The van der Waals surface area contributed by atoms with Crippen LogP contribution < -0.4 is 0 Å². The second-order valence-corrected chi connectivity index (χ2v) is 5.35. The van der Waals surface area contributed by atoms with E-state index in [9.17, 15) is 0 Å². The Morgan fingerprint density at radius 3 is 2.67 bits per heavy atom. The van der Waals surface area contributed by atoms with Crippen molar-refractivity contribution in [2.75, 3.05) is 0 Å². The second kappa shape index (κ2) is 3.44. The minimum absolute atomic E-state index is 0.542. The van der Waals surface area contributed by atoms with Crippen LogP contribution in [0.15, 0.2) is 0 Å². The zero-order valence-electron chi connectivity index (χ0n) is 9.07. The highest BCUT2D eigenvalue weighted by molar-refractivity contribution is 7.71. The standard InChI is InChI=1S/C11H17N3S/c1-7(8-3-2-4-8)14-10(9-5-6-9)12-13-11(14)15/h7-9H,2-6H2,1H3,(H,13,15). The van der Waals surface area contributed by atoms with Crippen LogP contribution in [0, 0.1) is 10.7 Å². The van der Waals surface area contributed by atoms with Crippen molar-refractivity contribution in [2.24, 2.45) is 5.92 Å². The first-order chi connectivity index (χ1) is 7.27. The van der Waals surface area contributed by atoms with Crippen molar-refractivity contribution in [1.82, 2.24) is 14.8 Å². The highest BCUT2D eigenvalue weighted by Gasteiger charge is 2.33. The summed E-state index contributed by atoms with van der Waals surface area (Å²) in [5.41, 5.74) is 0. The average Bonchev–Trinajstić information content (AvgIpc) is 2.87. The van der Waals surface area contributed by atoms with Crippen molar-refractivity contribution in [3.8, 4) is 0 Å². The molecule has 15 heavy (non-hydrogen) atoms. The van der Waals surface area contributed by atoms with Crippen molar-refractivity contribution >= 4 is 12.2 Å². The van der Waals surface area contributed by atoms with Crippen molar-refractivity contribution in [3.63, 3.8) is 0 Å². The highest BCUT2D eigenvalue weighted by Crippen LogP contribution is 2.42. The van der Waals surface area contributed by atoms with Crippen molar-refractivity contribution in [2.45, 2.75) is 51.0 Å². The normalized spacial score (nSPS) is 23.8. The maximum Gasteiger partial charge on any atom is 0.195 e. The molecule has 0 aromatic carbocycles. The van der Waals surface area contributed by atoms with E-state index in [1.807, 2.05) is 0 Å². The Labute approximate surface area is 94.9 Å². The van der Waals surface area contributed by atoms with Gasteiger partial charge in [0.15, 0.2) is 4.77 Å². The van der Waals surface area contributed by atoms with Gasteiger partial charge in [0, 0.05) is 12.0 Å². The maximum absolute atomic E-state index is 5.33. The number of nitrogens with one attached hydrogen (secondary N) is 1. The van der Waals surface area contributed by atoms with E-state index in [-0.39, 0.29) is 0 Å². The molecule has 1 aromatic rings. The summed E-state index contributed by atoms with van der Waals surface area (Å²) in [5, 5.41) is 7.34. The molecule has 2 fully saturated rings. The van der Waals surface area contributed by atoms with E-state index in [4.69, 9.17) is 12.2 Å². The third-order valence-electron chi connectivity index (χ3n) is 3.91. The number of hydrogen-bond donors (Lipinski definition) is 1. The van der Waals surface area contributed by atoms with Crippen LogP contribution in [0.2, 0.25) is 0 Å². The van der Waals surface area contributed by atoms with Crippen molar-refractivity contribution < 1.29 is 0 Å². The minimum Gasteiger partial charge on any atom is -0.301 e. The Kier molecular flexibility index (Phi) is 2.20. The SMILES string of the molecule is CC(C1CCC1)n1c(C2CC2)n[nH]c1=S. The quantitative estimate of drug-likeness (QED) is 0.798. The molecule has 2 aliphatic rings. The molecule has 1 unspecified atom stereocenters. The lowest BCUT2D eigenvalue weighted by atomic mass is 9.80. The van der Waals surface area contributed by atoms with E-state index in [1.165, 1.54) is 37.9 Å². The van der Waals surface area contributed by atoms with Crippen LogP contribution in [0.5, 0.6) is 0 Å². The molecule has 2 aliphatic carbocycles. The van der Waals surface area contributed by atoms with Gasteiger partial charge in [0.25, 0.3) is 0 Å². The van der Waals surface area contributed by atoms with E-state index in [1.54, 1.807) is 0 Å². The molecule has 1 aromatic heterocycles. The van der Waals surface area contributed by atoms with Gasteiger partial charge in [-0.2, -0.15) is 5.10 Å². The van der Waals surface area contributed by atoms with E-state index in [0.717, 1.165) is 10.7 Å². The van der Waals surface area contributed by atoms with E-state index in [0.29, 0.717) is 12.0 Å². The number of nitrogens with zero attached hydrogens (tertiary/aromatic N) is 2. The summed E-state index contributed by atoms with van der Waals surface area (Å²) in [6.07, 6.45) is 6.68. The number of rotatable bonds is 3. The summed E-state index contributed by atoms with van der Waals surface area (Å²) in [7, 11) is 0. The lowest BCUT2D eigenvalue weighted by Gasteiger charge is -2.32. The smallest absolute Gasteiger partial charge is 0.195 e. The molecular weight excluding hydrogens is 206 g/mol.